The van der Waals surface area contributed by atoms with E-state index in [0.29, 0.717) is 25.6 Å². The molecule has 5 nitrogen and oxygen atoms in total. The molecule has 1 saturated heterocycles. The quantitative estimate of drug-likeness (QED) is 0.750. The van der Waals surface area contributed by atoms with E-state index < -0.39 is 10.2 Å². The van der Waals surface area contributed by atoms with E-state index in [1.165, 1.54) is 10.7 Å². The summed E-state index contributed by atoms with van der Waals surface area (Å²) in [6.07, 6.45) is 5.06. The first-order valence-corrected chi connectivity index (χ1v) is 7.91. The predicted octanol–water partition coefficient (Wildman–Crippen LogP) is 0.325. The SMILES string of the molecule is O=S(=O)(NCC1CCC1)N1CCC(CO)CC1. The van der Waals surface area contributed by atoms with Crippen molar-refractivity contribution in [2.75, 3.05) is 26.2 Å². The van der Waals surface area contributed by atoms with Gasteiger partial charge in [-0.05, 0) is 37.5 Å². The minimum absolute atomic E-state index is 0.170. The highest BCUT2D eigenvalue weighted by Gasteiger charge is 2.28. The van der Waals surface area contributed by atoms with Gasteiger partial charge in [-0.3, -0.25) is 0 Å². The van der Waals surface area contributed by atoms with Crippen LogP contribution in [0.4, 0.5) is 0 Å². The van der Waals surface area contributed by atoms with Crippen LogP contribution in [0.15, 0.2) is 0 Å². The summed E-state index contributed by atoms with van der Waals surface area (Å²) in [7, 11) is -3.28. The smallest absolute Gasteiger partial charge is 0.279 e. The molecule has 100 valence electrons. The maximum absolute atomic E-state index is 12.0. The molecule has 1 heterocycles. The van der Waals surface area contributed by atoms with Gasteiger partial charge in [0.05, 0.1) is 0 Å². The molecule has 2 aliphatic rings. The van der Waals surface area contributed by atoms with Crippen LogP contribution in [-0.2, 0) is 10.2 Å². The van der Waals surface area contributed by atoms with E-state index in [9.17, 15) is 8.42 Å². The zero-order chi connectivity index (χ0) is 12.3. The number of aliphatic hydroxyl groups is 1. The molecule has 1 aliphatic carbocycles. The van der Waals surface area contributed by atoms with Crippen LogP contribution in [0.25, 0.3) is 0 Å². The first-order chi connectivity index (χ1) is 8.12. The Labute approximate surface area is 103 Å². The Morgan fingerprint density at radius 3 is 2.24 bits per heavy atom. The lowest BCUT2D eigenvalue weighted by Gasteiger charge is -2.32. The number of rotatable bonds is 5. The number of aliphatic hydroxyl groups excluding tert-OH is 1. The summed E-state index contributed by atoms with van der Waals surface area (Å²) in [5.74, 6) is 0.813. The van der Waals surface area contributed by atoms with Crippen LogP contribution in [0.2, 0.25) is 0 Å². The minimum Gasteiger partial charge on any atom is -0.396 e. The Bertz CT molecular complexity index is 333. The first-order valence-electron chi connectivity index (χ1n) is 6.47. The fourth-order valence-electron chi connectivity index (χ4n) is 2.34. The molecule has 2 rings (SSSR count). The molecule has 0 aromatic rings. The Hall–Kier alpha value is -0.170. The van der Waals surface area contributed by atoms with Gasteiger partial charge in [0.25, 0.3) is 10.2 Å². The first kappa shape index (κ1) is 13.3. The predicted molar refractivity (Wildman–Crippen MR) is 65.6 cm³/mol. The monoisotopic (exact) mass is 262 g/mol. The van der Waals surface area contributed by atoms with Gasteiger partial charge in [0.1, 0.15) is 0 Å². The van der Waals surface area contributed by atoms with Crippen molar-refractivity contribution in [3.05, 3.63) is 0 Å². The Balaban J connectivity index is 1.79. The van der Waals surface area contributed by atoms with Gasteiger partial charge in [0.2, 0.25) is 0 Å². The average Bonchev–Trinajstić information content (AvgIpc) is 2.27. The van der Waals surface area contributed by atoms with Crippen LogP contribution < -0.4 is 4.72 Å². The fourth-order valence-corrected chi connectivity index (χ4v) is 3.66. The number of hydrogen-bond acceptors (Lipinski definition) is 3. The second kappa shape index (κ2) is 5.65. The Morgan fingerprint density at radius 1 is 1.12 bits per heavy atom. The molecule has 2 N–H and O–H groups in total. The van der Waals surface area contributed by atoms with Crippen molar-refractivity contribution in [3.63, 3.8) is 0 Å². The van der Waals surface area contributed by atoms with E-state index in [0.717, 1.165) is 25.7 Å². The molecule has 0 atom stereocenters. The van der Waals surface area contributed by atoms with E-state index in [4.69, 9.17) is 5.11 Å². The van der Waals surface area contributed by atoms with Crippen molar-refractivity contribution in [2.45, 2.75) is 32.1 Å². The third kappa shape index (κ3) is 3.40. The summed E-state index contributed by atoms with van der Waals surface area (Å²) in [4.78, 5) is 0. The van der Waals surface area contributed by atoms with E-state index >= 15 is 0 Å². The van der Waals surface area contributed by atoms with E-state index in [1.807, 2.05) is 0 Å². The fraction of sp³-hybridized carbons (Fsp3) is 1.00. The van der Waals surface area contributed by atoms with Gasteiger partial charge in [-0.15, -0.1) is 0 Å². The Kier molecular flexibility index (Phi) is 4.41. The highest BCUT2D eigenvalue weighted by atomic mass is 32.2. The maximum Gasteiger partial charge on any atom is 0.279 e. The van der Waals surface area contributed by atoms with Gasteiger partial charge in [-0.25, -0.2) is 4.72 Å². The molecule has 1 saturated carbocycles. The number of nitrogens with zero attached hydrogens (tertiary/aromatic N) is 1. The molecule has 0 radical (unpaired) electrons. The highest BCUT2D eigenvalue weighted by Crippen LogP contribution is 2.26. The molecule has 0 bridgehead atoms. The summed E-state index contributed by atoms with van der Waals surface area (Å²) in [6, 6.07) is 0. The third-order valence-corrected chi connectivity index (χ3v) is 5.53. The van der Waals surface area contributed by atoms with Crippen molar-refractivity contribution in [3.8, 4) is 0 Å². The topological polar surface area (TPSA) is 69.6 Å². The summed E-state index contributed by atoms with van der Waals surface area (Å²) in [6.45, 7) is 1.82. The van der Waals surface area contributed by atoms with E-state index in [1.54, 1.807) is 0 Å². The van der Waals surface area contributed by atoms with Crippen LogP contribution in [0.1, 0.15) is 32.1 Å². The van der Waals surface area contributed by atoms with E-state index in [-0.39, 0.29) is 12.5 Å². The molecule has 17 heavy (non-hydrogen) atoms. The molecular weight excluding hydrogens is 240 g/mol. The zero-order valence-electron chi connectivity index (χ0n) is 10.1. The third-order valence-electron chi connectivity index (χ3n) is 3.95. The number of piperidine rings is 1. The lowest BCUT2D eigenvalue weighted by atomic mass is 9.86. The van der Waals surface area contributed by atoms with Crippen molar-refractivity contribution < 1.29 is 13.5 Å². The lowest BCUT2D eigenvalue weighted by Crippen LogP contribution is -2.47. The van der Waals surface area contributed by atoms with Gasteiger partial charge >= 0.3 is 0 Å². The molecule has 0 unspecified atom stereocenters. The molecular formula is C11H22N2O3S. The summed E-state index contributed by atoms with van der Waals surface area (Å²) < 4.78 is 28.2. The molecule has 2 fully saturated rings. The van der Waals surface area contributed by atoms with Crippen molar-refractivity contribution >= 4 is 10.2 Å². The molecule has 0 amide bonds. The summed E-state index contributed by atoms with van der Waals surface area (Å²) >= 11 is 0. The molecule has 0 aromatic carbocycles. The molecule has 1 aliphatic heterocycles. The van der Waals surface area contributed by atoms with Crippen molar-refractivity contribution in [1.29, 1.82) is 0 Å². The van der Waals surface area contributed by atoms with Gasteiger partial charge < -0.3 is 5.11 Å². The standard InChI is InChI=1S/C11H22N2O3S/c14-9-11-4-6-13(7-5-11)17(15,16)12-8-10-2-1-3-10/h10-12,14H,1-9H2. The maximum atomic E-state index is 12.0. The second-order valence-electron chi connectivity index (χ2n) is 5.18. The van der Waals surface area contributed by atoms with Crippen LogP contribution in [0, 0.1) is 11.8 Å². The lowest BCUT2D eigenvalue weighted by molar-refractivity contribution is 0.169. The van der Waals surface area contributed by atoms with Crippen LogP contribution in [0.3, 0.4) is 0 Å². The van der Waals surface area contributed by atoms with Gasteiger partial charge in [0.15, 0.2) is 0 Å². The Morgan fingerprint density at radius 2 is 1.76 bits per heavy atom. The normalized spacial score (nSPS) is 24.8. The zero-order valence-corrected chi connectivity index (χ0v) is 11.0. The largest absolute Gasteiger partial charge is 0.396 e. The number of nitrogens with one attached hydrogen (secondary N) is 1. The summed E-state index contributed by atoms with van der Waals surface area (Å²) in [5, 5.41) is 9.01. The highest BCUT2D eigenvalue weighted by molar-refractivity contribution is 7.87. The van der Waals surface area contributed by atoms with Crippen molar-refractivity contribution in [1.82, 2.24) is 9.03 Å². The average molecular weight is 262 g/mol. The van der Waals surface area contributed by atoms with Crippen molar-refractivity contribution in [2.24, 2.45) is 11.8 Å². The molecule has 0 aromatic heterocycles. The summed E-state index contributed by atoms with van der Waals surface area (Å²) in [5.41, 5.74) is 0. The van der Waals surface area contributed by atoms with E-state index in [2.05, 4.69) is 4.72 Å². The molecule has 0 spiro atoms. The number of hydrogen-bond donors (Lipinski definition) is 2. The second-order valence-corrected chi connectivity index (χ2v) is 6.93. The van der Waals surface area contributed by atoms with Crippen LogP contribution in [-0.4, -0.2) is 44.1 Å². The van der Waals surface area contributed by atoms with Gasteiger partial charge in [0, 0.05) is 26.2 Å². The minimum atomic E-state index is -3.28. The van der Waals surface area contributed by atoms with Crippen LogP contribution in [0.5, 0.6) is 0 Å². The molecule has 6 heteroatoms. The van der Waals surface area contributed by atoms with Gasteiger partial charge in [-0.2, -0.15) is 12.7 Å². The van der Waals surface area contributed by atoms with Crippen LogP contribution >= 0.6 is 0 Å². The van der Waals surface area contributed by atoms with Gasteiger partial charge in [-0.1, -0.05) is 6.42 Å².